The van der Waals surface area contributed by atoms with Gasteiger partial charge in [-0.15, -0.1) is 0 Å². The number of fused-ring (bicyclic) bond motifs is 1. The van der Waals surface area contributed by atoms with E-state index in [0.717, 1.165) is 12.8 Å². The molecule has 1 unspecified atom stereocenters. The van der Waals surface area contributed by atoms with Crippen molar-refractivity contribution in [2.45, 2.75) is 110 Å². The SMILES string of the molecule is CCCC(NC(=O)[C@@H]1[C@H]2CCC(=O)[C@H]2CN1C(=O)[C@@H](NC(=O)OC(C)C)C(C)(C)C)C(=O)C(=O)NC1CC1. The lowest BCUT2D eigenvalue weighted by Gasteiger charge is -2.36. The molecule has 11 heteroatoms. The Morgan fingerprint density at radius 1 is 1.05 bits per heavy atom. The Hall–Kier alpha value is -2.98. The van der Waals surface area contributed by atoms with Gasteiger partial charge in [0.15, 0.2) is 0 Å². The van der Waals surface area contributed by atoms with Crippen molar-refractivity contribution in [3.05, 3.63) is 0 Å². The van der Waals surface area contributed by atoms with Crippen LogP contribution in [0.1, 0.15) is 80.1 Å². The highest BCUT2D eigenvalue weighted by Gasteiger charge is 2.55. The maximum absolute atomic E-state index is 13.9. The zero-order chi connectivity index (χ0) is 28.4. The van der Waals surface area contributed by atoms with Crippen molar-refractivity contribution in [1.29, 1.82) is 0 Å². The van der Waals surface area contributed by atoms with Crippen LogP contribution in [0.3, 0.4) is 0 Å². The Morgan fingerprint density at radius 3 is 2.26 bits per heavy atom. The van der Waals surface area contributed by atoms with Crippen LogP contribution in [0.2, 0.25) is 0 Å². The number of rotatable bonds is 10. The first kappa shape index (κ1) is 29.6. The van der Waals surface area contributed by atoms with E-state index in [0.29, 0.717) is 19.3 Å². The number of carbonyl (C=O) groups is 6. The summed E-state index contributed by atoms with van der Waals surface area (Å²) in [5.74, 6) is -3.39. The zero-order valence-electron chi connectivity index (χ0n) is 23.3. The minimum absolute atomic E-state index is 0.00171. The van der Waals surface area contributed by atoms with Gasteiger partial charge in [0, 0.05) is 30.8 Å². The largest absolute Gasteiger partial charge is 0.447 e. The summed E-state index contributed by atoms with van der Waals surface area (Å²) in [5, 5.41) is 8.04. The fourth-order valence-corrected chi connectivity index (χ4v) is 5.31. The van der Waals surface area contributed by atoms with Gasteiger partial charge in [-0.05, 0) is 44.9 Å². The summed E-state index contributed by atoms with van der Waals surface area (Å²) in [7, 11) is 0. The molecule has 0 aromatic rings. The fraction of sp³-hybridized carbons (Fsp3) is 0.778. The molecule has 0 aromatic carbocycles. The third-order valence-electron chi connectivity index (χ3n) is 7.41. The summed E-state index contributed by atoms with van der Waals surface area (Å²) < 4.78 is 5.19. The van der Waals surface area contributed by atoms with E-state index in [1.807, 2.05) is 6.92 Å². The van der Waals surface area contributed by atoms with Gasteiger partial charge < -0.3 is 25.6 Å². The number of carbonyl (C=O) groups excluding carboxylic acids is 6. The van der Waals surface area contributed by atoms with Gasteiger partial charge in [0.1, 0.15) is 17.9 Å². The fourth-order valence-electron chi connectivity index (χ4n) is 5.31. The molecule has 3 rings (SSSR count). The van der Waals surface area contributed by atoms with Crippen molar-refractivity contribution in [2.75, 3.05) is 6.54 Å². The van der Waals surface area contributed by atoms with E-state index in [-0.39, 0.29) is 24.8 Å². The lowest BCUT2D eigenvalue weighted by molar-refractivity contribution is -0.144. The number of ether oxygens (including phenoxy) is 1. The van der Waals surface area contributed by atoms with E-state index in [9.17, 15) is 28.8 Å². The van der Waals surface area contributed by atoms with Crippen molar-refractivity contribution < 1.29 is 33.5 Å². The number of amides is 4. The van der Waals surface area contributed by atoms with Gasteiger partial charge >= 0.3 is 6.09 Å². The van der Waals surface area contributed by atoms with E-state index in [1.54, 1.807) is 34.6 Å². The molecule has 3 fully saturated rings. The Kier molecular flexibility index (Phi) is 9.20. The van der Waals surface area contributed by atoms with Crippen LogP contribution in [0, 0.1) is 17.3 Å². The van der Waals surface area contributed by atoms with Gasteiger partial charge in [-0.1, -0.05) is 34.1 Å². The number of hydrogen-bond donors (Lipinski definition) is 3. The van der Waals surface area contributed by atoms with Crippen LogP contribution in [-0.2, 0) is 28.7 Å². The predicted molar refractivity (Wildman–Crippen MR) is 138 cm³/mol. The Labute approximate surface area is 224 Å². The first-order chi connectivity index (χ1) is 17.7. The number of Topliss-reactive ketones (excluding diaryl/α,β-unsaturated/α-hetero) is 2. The second-order valence-corrected chi connectivity index (χ2v) is 12.1. The van der Waals surface area contributed by atoms with E-state index in [2.05, 4.69) is 16.0 Å². The Morgan fingerprint density at radius 2 is 1.71 bits per heavy atom. The highest BCUT2D eigenvalue weighted by Crippen LogP contribution is 2.41. The van der Waals surface area contributed by atoms with Crippen molar-refractivity contribution in [3.8, 4) is 0 Å². The lowest BCUT2D eigenvalue weighted by atomic mass is 9.85. The first-order valence-corrected chi connectivity index (χ1v) is 13.7. The molecule has 4 amide bonds. The first-order valence-electron chi connectivity index (χ1n) is 13.7. The third-order valence-corrected chi connectivity index (χ3v) is 7.41. The van der Waals surface area contributed by atoms with Crippen LogP contribution >= 0.6 is 0 Å². The van der Waals surface area contributed by atoms with Crippen LogP contribution < -0.4 is 16.0 Å². The summed E-state index contributed by atoms with van der Waals surface area (Å²) in [5.41, 5.74) is -0.725. The standard InChI is InChI=1S/C27H42N4O7/c1-7-8-18(21(33)24(35)28-15-9-10-15)29-23(34)20-16-11-12-19(32)17(16)13-31(20)25(36)22(27(4,5)6)30-26(37)38-14(2)3/h14-18,20,22H,7-13H2,1-6H3,(H,28,35)(H,29,34)(H,30,37)/t16-,17-,18?,20-,22+/m0/s1. The number of ketones is 2. The second kappa shape index (κ2) is 11.8. The minimum Gasteiger partial charge on any atom is -0.447 e. The number of nitrogens with zero attached hydrogens (tertiary/aromatic N) is 1. The number of nitrogens with one attached hydrogen (secondary N) is 3. The van der Waals surface area contributed by atoms with E-state index >= 15 is 0 Å². The molecule has 1 heterocycles. The molecule has 0 bridgehead atoms. The smallest absolute Gasteiger partial charge is 0.408 e. The van der Waals surface area contributed by atoms with Crippen molar-refractivity contribution in [3.63, 3.8) is 0 Å². The van der Waals surface area contributed by atoms with Crippen molar-refractivity contribution >= 4 is 35.4 Å². The van der Waals surface area contributed by atoms with Crippen molar-refractivity contribution in [2.24, 2.45) is 17.3 Å². The molecular formula is C27H42N4O7. The van der Waals surface area contributed by atoms with Crippen LogP contribution in [0.4, 0.5) is 4.79 Å². The van der Waals surface area contributed by atoms with Crippen molar-refractivity contribution in [1.82, 2.24) is 20.9 Å². The maximum Gasteiger partial charge on any atom is 0.408 e. The summed E-state index contributed by atoms with van der Waals surface area (Å²) in [6, 6.07) is -3.04. The van der Waals surface area contributed by atoms with Gasteiger partial charge in [-0.25, -0.2) is 4.79 Å². The molecule has 1 saturated heterocycles. The molecule has 5 atom stereocenters. The van der Waals surface area contributed by atoms with Crippen LogP contribution in [0.25, 0.3) is 0 Å². The van der Waals surface area contributed by atoms with Crippen LogP contribution in [0.15, 0.2) is 0 Å². The minimum atomic E-state index is -1.03. The van der Waals surface area contributed by atoms with E-state index in [4.69, 9.17) is 4.74 Å². The molecule has 0 radical (unpaired) electrons. The molecule has 3 N–H and O–H groups in total. The molecule has 212 valence electrons. The molecule has 2 saturated carbocycles. The zero-order valence-corrected chi connectivity index (χ0v) is 23.3. The van der Waals surface area contributed by atoms with Gasteiger partial charge in [0.25, 0.3) is 5.91 Å². The predicted octanol–water partition coefficient (Wildman–Crippen LogP) is 1.47. The van der Waals surface area contributed by atoms with E-state index < -0.39 is 71.1 Å². The maximum atomic E-state index is 13.9. The van der Waals surface area contributed by atoms with Gasteiger partial charge in [0.05, 0.1) is 12.1 Å². The molecule has 0 aromatic heterocycles. The Balaban J connectivity index is 1.84. The normalized spacial score (nSPS) is 24.4. The number of alkyl carbamates (subject to hydrolysis) is 1. The summed E-state index contributed by atoms with van der Waals surface area (Å²) in [4.78, 5) is 79.3. The summed E-state index contributed by atoms with van der Waals surface area (Å²) in [6.07, 6.45) is 2.11. The monoisotopic (exact) mass is 534 g/mol. The number of hydrogen-bond acceptors (Lipinski definition) is 7. The molecule has 11 nitrogen and oxygen atoms in total. The highest BCUT2D eigenvalue weighted by atomic mass is 16.6. The molecule has 0 spiro atoms. The second-order valence-electron chi connectivity index (χ2n) is 12.1. The van der Waals surface area contributed by atoms with Gasteiger partial charge in [0.2, 0.25) is 17.6 Å². The third kappa shape index (κ3) is 6.91. The quantitative estimate of drug-likeness (QED) is 0.359. The van der Waals surface area contributed by atoms with Gasteiger partial charge in [-0.2, -0.15) is 0 Å². The molecule has 38 heavy (non-hydrogen) atoms. The molecule has 2 aliphatic carbocycles. The molecule has 1 aliphatic heterocycles. The van der Waals surface area contributed by atoms with E-state index in [1.165, 1.54) is 4.90 Å². The average Bonchev–Trinajstić information content (AvgIpc) is 3.43. The Bertz CT molecular complexity index is 969. The molecule has 3 aliphatic rings. The lowest BCUT2D eigenvalue weighted by Crippen LogP contribution is -2.60. The number of likely N-dealkylation sites (tertiary alicyclic amines) is 1. The van der Waals surface area contributed by atoms with Gasteiger partial charge in [-0.3, -0.25) is 24.0 Å². The topological polar surface area (TPSA) is 151 Å². The average molecular weight is 535 g/mol. The highest BCUT2D eigenvalue weighted by molar-refractivity contribution is 6.38. The van der Waals surface area contributed by atoms with Crippen LogP contribution in [-0.4, -0.2) is 77.1 Å². The summed E-state index contributed by atoms with van der Waals surface area (Å²) in [6.45, 7) is 10.7. The molecular weight excluding hydrogens is 492 g/mol. The summed E-state index contributed by atoms with van der Waals surface area (Å²) >= 11 is 0. The van der Waals surface area contributed by atoms with Crippen LogP contribution in [0.5, 0.6) is 0 Å².